The molecule has 106 heavy (non-hydrogen) atoms. The Morgan fingerprint density at radius 3 is 1.50 bits per heavy atom. The minimum Gasteiger partial charge on any atom is -0.456 e. The molecule has 17 aromatic carbocycles. The molecule has 1 aliphatic carbocycles. The van der Waals surface area contributed by atoms with E-state index in [2.05, 4.69) is 340 Å². The van der Waals surface area contributed by atoms with Gasteiger partial charge >= 0.3 is 0 Å². The van der Waals surface area contributed by atoms with E-state index in [-0.39, 0.29) is 0 Å². The molecule has 24 aromatic rings. The number of benzene rings is 17. The van der Waals surface area contributed by atoms with Crippen molar-refractivity contribution in [1.82, 2.24) is 28.2 Å². The van der Waals surface area contributed by atoms with Crippen LogP contribution in [0, 0.1) is 0 Å². The van der Waals surface area contributed by atoms with Crippen molar-refractivity contribution in [3.05, 3.63) is 328 Å². The molecule has 0 fully saturated rings. The van der Waals surface area contributed by atoms with Crippen molar-refractivity contribution in [2.24, 2.45) is 0 Å². The zero-order chi connectivity index (χ0) is 68.7. The largest absolute Gasteiger partial charge is 0.456 e. The third kappa shape index (κ3) is 7.45. The van der Waals surface area contributed by atoms with Crippen molar-refractivity contribution in [3.63, 3.8) is 0 Å². The first-order valence-electron chi connectivity index (χ1n) is 36.3. The van der Waals surface area contributed by atoms with E-state index in [0.29, 0.717) is 5.95 Å². The van der Waals surface area contributed by atoms with Crippen LogP contribution in [0.1, 0.15) is 0 Å². The highest BCUT2D eigenvalue weighted by Gasteiger charge is 2.29. The van der Waals surface area contributed by atoms with Gasteiger partial charge in [0.25, 0.3) is 0 Å². The van der Waals surface area contributed by atoms with Crippen LogP contribution in [-0.4, -0.2) is 28.2 Å². The van der Waals surface area contributed by atoms with Crippen molar-refractivity contribution in [2.75, 3.05) is 0 Å². The number of nitrogens with zero attached hydrogens (tertiary/aromatic N) is 6. The molecular weight excluding hydrogens is 1290 g/mol. The fraction of sp³-hybridized carbons (Fsp3) is 0. The maximum absolute atomic E-state index is 7.48. The van der Waals surface area contributed by atoms with Crippen molar-refractivity contribution in [2.45, 2.75) is 0 Å². The van der Waals surface area contributed by atoms with E-state index >= 15 is 0 Å². The normalized spacial score (nSPS) is 12.5. The molecular formula is C98H54N6O2. The smallest absolute Gasteiger partial charge is 0.235 e. The van der Waals surface area contributed by atoms with Gasteiger partial charge in [0.15, 0.2) is 0 Å². The fourth-order valence-corrected chi connectivity index (χ4v) is 18.9. The lowest BCUT2D eigenvalue weighted by molar-refractivity contribution is 0.669. The number of fused-ring (bicyclic) bond motifs is 26. The van der Waals surface area contributed by atoms with E-state index in [1.807, 2.05) is 6.07 Å². The molecule has 7 aromatic heterocycles. The predicted octanol–water partition coefficient (Wildman–Crippen LogP) is 26.3. The molecule has 7 heterocycles. The Kier molecular flexibility index (Phi) is 11.0. The average molecular weight is 1350 g/mol. The Hall–Kier alpha value is -14.3. The van der Waals surface area contributed by atoms with Crippen LogP contribution in [0.3, 0.4) is 0 Å². The van der Waals surface area contributed by atoms with Gasteiger partial charge in [-0.15, -0.1) is 0 Å². The highest BCUT2D eigenvalue weighted by Crippen LogP contribution is 2.52. The molecule has 0 saturated heterocycles. The van der Waals surface area contributed by atoms with Gasteiger partial charge in [-0.2, -0.15) is 0 Å². The van der Waals surface area contributed by atoms with E-state index < -0.39 is 0 Å². The topological polar surface area (TPSA) is 71.8 Å². The monoisotopic (exact) mass is 1350 g/mol. The first-order chi connectivity index (χ1) is 52.6. The summed E-state index contributed by atoms with van der Waals surface area (Å²) in [5.74, 6) is 0.590. The fourth-order valence-electron chi connectivity index (χ4n) is 18.9. The van der Waals surface area contributed by atoms with E-state index in [9.17, 15) is 0 Å². The summed E-state index contributed by atoms with van der Waals surface area (Å²) in [5.41, 5.74) is 25.3. The van der Waals surface area contributed by atoms with E-state index in [1.54, 1.807) is 0 Å². The van der Waals surface area contributed by atoms with Crippen LogP contribution in [0.4, 0.5) is 0 Å². The van der Waals surface area contributed by atoms with Gasteiger partial charge in [0.1, 0.15) is 22.3 Å². The third-order valence-electron chi connectivity index (χ3n) is 23.3. The van der Waals surface area contributed by atoms with Crippen LogP contribution in [0.15, 0.2) is 336 Å². The second kappa shape index (κ2) is 20.7. The van der Waals surface area contributed by atoms with Crippen LogP contribution in [0.2, 0.25) is 0 Å². The molecule has 8 nitrogen and oxygen atoms in total. The number of hydrogen-bond donors (Lipinski definition) is 0. The molecule has 488 valence electrons. The molecule has 25 rings (SSSR count). The molecule has 1 aliphatic rings. The SMILES string of the molecule is c1ccc(-c2nc(-n3c4cc5oc6ccccc6c5cc4c4c5c6ccccc6n(-c6ccc(-c7cccc8c7oc7cc9c(cc78)c7c8c%10ccccc%10n(-c%10cccc%11ccccc%10%11)c8ccc7n9-c7ccc8c(c7)-c7cccc9cccc-8c79)c7ccccc67)c5ccc43)nc3ccccc23)cc1. The predicted molar refractivity (Wildman–Crippen MR) is 439 cm³/mol. The molecule has 0 saturated carbocycles. The Balaban J connectivity index is 0.711. The molecule has 0 spiro atoms. The van der Waals surface area contributed by atoms with E-state index in [0.717, 1.165) is 165 Å². The maximum atomic E-state index is 7.48. The van der Waals surface area contributed by atoms with Gasteiger partial charge in [0, 0.05) is 110 Å². The summed E-state index contributed by atoms with van der Waals surface area (Å²) in [6.07, 6.45) is 0. The van der Waals surface area contributed by atoms with Gasteiger partial charge in [0.05, 0.1) is 66.7 Å². The molecule has 0 amide bonds. The average Bonchev–Trinajstić information content (AvgIpc) is 1.54. The third-order valence-corrected chi connectivity index (χ3v) is 23.3. The van der Waals surface area contributed by atoms with Crippen molar-refractivity contribution < 1.29 is 8.83 Å². The lowest BCUT2D eigenvalue weighted by Crippen LogP contribution is -2.03. The van der Waals surface area contributed by atoms with Gasteiger partial charge in [-0.3, -0.25) is 4.57 Å². The van der Waals surface area contributed by atoms with E-state index in [1.165, 1.54) is 70.9 Å². The standard InChI is InChI=1S/C98H54N6O2/c1-2-21-57(22-3-1)96-69-30-8-12-37-77(69)99-98(100-96)104-85-49-48-84-93(95(85)76-51-73-64-29-11-15-41-88(64)105-89(73)54-87(76)104)71-32-10-14-39-80(71)103(84)81-45-44-61(60-27-6-7-28-63(60)81)67-35-19-36-68-74-52-75-86(53-90(74)106-97(67)68)101(58-42-43-62-65-33-16-24-56-25-17-34-66(91(56)65)72(62)50-58)82-46-47-83-92(94(75)82)70-31-9-13-38-79(70)102(83)78-40-18-23-55-20-4-5-26-59(55)78/h1-54H. The van der Waals surface area contributed by atoms with Gasteiger partial charge in [0.2, 0.25) is 5.95 Å². The summed E-state index contributed by atoms with van der Waals surface area (Å²) in [5, 5.41) is 21.8. The van der Waals surface area contributed by atoms with Gasteiger partial charge in [-0.05, 0) is 134 Å². The quantitative estimate of drug-likeness (QED) is 0.166. The summed E-state index contributed by atoms with van der Waals surface area (Å²) in [7, 11) is 0. The zero-order valence-corrected chi connectivity index (χ0v) is 56.7. The summed E-state index contributed by atoms with van der Waals surface area (Å²) >= 11 is 0. The second-order valence-corrected chi connectivity index (χ2v) is 28.6. The summed E-state index contributed by atoms with van der Waals surface area (Å²) in [4.78, 5) is 10.9. The molecule has 0 radical (unpaired) electrons. The zero-order valence-electron chi connectivity index (χ0n) is 56.7. The number of hydrogen-bond acceptors (Lipinski definition) is 4. The maximum Gasteiger partial charge on any atom is 0.235 e. The molecule has 0 unspecified atom stereocenters. The highest BCUT2D eigenvalue weighted by atomic mass is 16.3. The lowest BCUT2D eigenvalue weighted by Gasteiger charge is -2.15. The Labute approximate surface area is 602 Å². The van der Waals surface area contributed by atoms with Crippen LogP contribution < -0.4 is 0 Å². The van der Waals surface area contributed by atoms with Crippen LogP contribution >= 0.6 is 0 Å². The Morgan fingerprint density at radius 1 is 0.226 bits per heavy atom. The van der Waals surface area contributed by atoms with Crippen LogP contribution in [0.25, 0.3) is 242 Å². The number of aromatic nitrogens is 6. The summed E-state index contributed by atoms with van der Waals surface area (Å²) in [6, 6.07) is 120. The number of furan rings is 2. The molecule has 0 atom stereocenters. The number of para-hydroxylation sites is 5. The minimum atomic E-state index is 0.590. The molecule has 0 N–H and O–H groups in total. The van der Waals surface area contributed by atoms with Crippen LogP contribution in [-0.2, 0) is 0 Å². The summed E-state index contributed by atoms with van der Waals surface area (Å²) < 4.78 is 23.9. The van der Waals surface area contributed by atoms with Gasteiger partial charge in [-0.1, -0.05) is 231 Å². The second-order valence-electron chi connectivity index (χ2n) is 28.6. The first kappa shape index (κ1) is 56.3. The van der Waals surface area contributed by atoms with Gasteiger partial charge in [-0.25, -0.2) is 9.97 Å². The van der Waals surface area contributed by atoms with Crippen molar-refractivity contribution >= 4 is 174 Å². The molecule has 0 bridgehead atoms. The molecule has 8 heteroatoms. The van der Waals surface area contributed by atoms with E-state index in [4.69, 9.17) is 18.8 Å². The number of rotatable bonds is 6. The Bertz CT molecular complexity index is 8080. The molecule has 0 aliphatic heterocycles. The van der Waals surface area contributed by atoms with Crippen molar-refractivity contribution in [3.8, 4) is 67.6 Å². The Morgan fingerprint density at radius 2 is 0.745 bits per heavy atom. The van der Waals surface area contributed by atoms with Crippen molar-refractivity contribution in [1.29, 1.82) is 0 Å². The van der Waals surface area contributed by atoms with Crippen LogP contribution in [0.5, 0.6) is 0 Å². The highest BCUT2D eigenvalue weighted by molar-refractivity contribution is 6.33. The first-order valence-corrected chi connectivity index (χ1v) is 36.3. The lowest BCUT2D eigenvalue weighted by atomic mass is 9.95. The van der Waals surface area contributed by atoms with Gasteiger partial charge < -0.3 is 22.5 Å². The minimum absolute atomic E-state index is 0.590. The summed E-state index contributed by atoms with van der Waals surface area (Å²) in [6.45, 7) is 0.